The predicted octanol–water partition coefficient (Wildman–Crippen LogP) is 2.92. The summed E-state index contributed by atoms with van der Waals surface area (Å²) in [5.74, 6) is -0.878. The minimum Gasteiger partial charge on any atom is -0.258 e. The third kappa shape index (κ3) is 2.33. The van der Waals surface area contributed by atoms with E-state index in [1.54, 1.807) is 5.38 Å². The first-order chi connectivity index (χ1) is 8.61. The van der Waals surface area contributed by atoms with Gasteiger partial charge in [0.25, 0.3) is 0 Å². The maximum Gasteiger partial charge on any atom is 0.305 e. The van der Waals surface area contributed by atoms with Crippen molar-refractivity contribution in [2.75, 3.05) is 0 Å². The van der Waals surface area contributed by atoms with Gasteiger partial charge in [-0.1, -0.05) is 0 Å². The van der Waals surface area contributed by atoms with Crippen LogP contribution in [0.15, 0.2) is 23.6 Å². The Morgan fingerprint density at radius 3 is 3.00 bits per heavy atom. The van der Waals surface area contributed by atoms with Crippen molar-refractivity contribution in [1.82, 2.24) is 4.98 Å². The van der Waals surface area contributed by atoms with Crippen molar-refractivity contribution >= 4 is 17.0 Å². The highest BCUT2D eigenvalue weighted by molar-refractivity contribution is 7.10. The average Bonchev–Trinajstić information content (AvgIpc) is 2.78. The Morgan fingerprint density at radius 2 is 2.33 bits per heavy atom. The van der Waals surface area contributed by atoms with Gasteiger partial charge in [-0.25, -0.2) is 4.98 Å². The Labute approximate surface area is 105 Å². The zero-order valence-corrected chi connectivity index (χ0v) is 9.78. The summed E-state index contributed by atoms with van der Waals surface area (Å²) in [6, 6.07) is 5.57. The third-order valence-electron chi connectivity index (χ3n) is 2.22. The quantitative estimate of drug-likeness (QED) is 0.629. The molecule has 1 aromatic heterocycles. The fourth-order valence-corrected chi connectivity index (χ4v) is 2.14. The molecule has 0 radical (unpaired) electrons. The first kappa shape index (κ1) is 12.1. The van der Waals surface area contributed by atoms with Gasteiger partial charge in [-0.2, -0.15) is 9.65 Å². The van der Waals surface area contributed by atoms with E-state index in [1.165, 1.54) is 17.4 Å². The van der Waals surface area contributed by atoms with Crippen LogP contribution >= 0.6 is 11.3 Å². The lowest BCUT2D eigenvalue weighted by atomic mass is 10.1. The molecule has 0 unspecified atom stereocenters. The van der Waals surface area contributed by atoms with Crippen LogP contribution in [-0.4, -0.2) is 9.91 Å². The molecule has 0 N–H and O–H groups in total. The second-order valence-electron chi connectivity index (χ2n) is 3.38. The molecule has 0 aliphatic heterocycles. The summed E-state index contributed by atoms with van der Waals surface area (Å²) in [6.45, 7) is 0. The van der Waals surface area contributed by atoms with Crippen molar-refractivity contribution in [1.29, 1.82) is 5.26 Å². The van der Waals surface area contributed by atoms with E-state index in [9.17, 15) is 14.5 Å². The van der Waals surface area contributed by atoms with Crippen molar-refractivity contribution in [2.45, 2.75) is 6.42 Å². The van der Waals surface area contributed by atoms with Crippen LogP contribution in [0.3, 0.4) is 0 Å². The van der Waals surface area contributed by atoms with E-state index < -0.39 is 16.4 Å². The van der Waals surface area contributed by atoms with Gasteiger partial charge < -0.3 is 0 Å². The monoisotopic (exact) mass is 263 g/mol. The Morgan fingerprint density at radius 1 is 1.56 bits per heavy atom. The fourth-order valence-electron chi connectivity index (χ4n) is 1.40. The first-order valence-corrected chi connectivity index (χ1v) is 5.75. The number of nitriles is 1. The molecule has 0 spiro atoms. The summed E-state index contributed by atoms with van der Waals surface area (Å²) in [7, 11) is 0. The van der Waals surface area contributed by atoms with Crippen LogP contribution in [0.5, 0.6) is 0 Å². The van der Waals surface area contributed by atoms with E-state index in [2.05, 4.69) is 4.98 Å². The summed E-state index contributed by atoms with van der Waals surface area (Å²) in [5, 5.41) is 21.5. The van der Waals surface area contributed by atoms with E-state index >= 15 is 0 Å². The third-order valence-corrected chi connectivity index (χ3v) is 3.07. The molecule has 5 nitrogen and oxygen atoms in total. The number of thiazole rings is 1. The van der Waals surface area contributed by atoms with Crippen molar-refractivity contribution < 1.29 is 9.31 Å². The van der Waals surface area contributed by atoms with E-state index in [-0.39, 0.29) is 6.42 Å². The number of hydrogen-bond acceptors (Lipinski definition) is 5. The lowest BCUT2D eigenvalue weighted by molar-refractivity contribution is -0.387. The molecule has 1 aromatic carbocycles. The maximum absolute atomic E-state index is 13.2. The molecule has 18 heavy (non-hydrogen) atoms. The molecule has 0 amide bonds. The van der Waals surface area contributed by atoms with Gasteiger partial charge in [-0.3, -0.25) is 10.1 Å². The molecular formula is C11H6FN3O2S. The average molecular weight is 263 g/mol. The standard InChI is InChI=1S/C11H6FN3O2S/c12-8-2-1-7(5-10(8)15(16)17)9-6-18-11(14-9)3-4-13/h1-2,5-6H,3H2. The summed E-state index contributed by atoms with van der Waals surface area (Å²) in [6.07, 6.45) is 0.188. The lowest BCUT2D eigenvalue weighted by Gasteiger charge is -1.98. The smallest absolute Gasteiger partial charge is 0.258 e. The molecule has 0 aliphatic carbocycles. The normalized spacial score (nSPS) is 10.0. The van der Waals surface area contributed by atoms with Gasteiger partial charge in [0.15, 0.2) is 0 Å². The fraction of sp³-hybridized carbons (Fsp3) is 0.0909. The summed E-state index contributed by atoms with van der Waals surface area (Å²) >= 11 is 1.29. The van der Waals surface area contributed by atoms with Crippen LogP contribution in [0.1, 0.15) is 5.01 Å². The van der Waals surface area contributed by atoms with Gasteiger partial charge in [-0.15, -0.1) is 11.3 Å². The van der Waals surface area contributed by atoms with Crippen molar-refractivity contribution in [2.24, 2.45) is 0 Å². The van der Waals surface area contributed by atoms with E-state index in [0.29, 0.717) is 16.3 Å². The molecule has 1 heterocycles. The highest BCUT2D eigenvalue weighted by Gasteiger charge is 2.16. The number of aromatic nitrogens is 1. The summed E-state index contributed by atoms with van der Waals surface area (Å²) < 4.78 is 13.2. The Bertz CT molecular complexity index is 648. The summed E-state index contributed by atoms with van der Waals surface area (Å²) in [5.41, 5.74) is 0.388. The Hall–Kier alpha value is -2.33. The van der Waals surface area contributed by atoms with Crippen molar-refractivity contribution in [3.8, 4) is 17.3 Å². The van der Waals surface area contributed by atoms with Crippen LogP contribution < -0.4 is 0 Å². The second-order valence-corrected chi connectivity index (χ2v) is 4.33. The van der Waals surface area contributed by atoms with Crippen LogP contribution in [-0.2, 0) is 6.42 Å². The first-order valence-electron chi connectivity index (χ1n) is 4.87. The minimum atomic E-state index is -0.878. The highest BCUT2D eigenvalue weighted by atomic mass is 32.1. The van der Waals surface area contributed by atoms with Crippen molar-refractivity contribution in [3.05, 3.63) is 44.5 Å². The van der Waals surface area contributed by atoms with E-state index in [1.807, 2.05) is 6.07 Å². The van der Waals surface area contributed by atoms with Gasteiger partial charge in [0, 0.05) is 17.0 Å². The number of nitro groups is 1. The van der Waals surface area contributed by atoms with Gasteiger partial charge in [0.05, 0.1) is 23.1 Å². The number of hydrogen-bond donors (Lipinski definition) is 0. The number of halogens is 1. The minimum absolute atomic E-state index is 0.188. The molecule has 90 valence electrons. The molecule has 0 aliphatic rings. The van der Waals surface area contributed by atoms with Gasteiger partial charge in [0.2, 0.25) is 5.82 Å². The summed E-state index contributed by atoms with van der Waals surface area (Å²) in [4.78, 5) is 14.0. The number of benzene rings is 1. The molecule has 0 saturated heterocycles. The van der Waals surface area contributed by atoms with Gasteiger partial charge in [-0.05, 0) is 12.1 Å². The Balaban J connectivity index is 2.41. The molecular weight excluding hydrogens is 257 g/mol. The van der Waals surface area contributed by atoms with E-state index in [0.717, 1.165) is 12.1 Å². The second kappa shape index (κ2) is 4.89. The molecule has 2 rings (SSSR count). The molecule has 0 bridgehead atoms. The highest BCUT2D eigenvalue weighted by Crippen LogP contribution is 2.27. The number of nitrogens with zero attached hydrogens (tertiary/aromatic N) is 3. The van der Waals surface area contributed by atoms with Crippen molar-refractivity contribution in [3.63, 3.8) is 0 Å². The largest absolute Gasteiger partial charge is 0.305 e. The van der Waals surface area contributed by atoms with Crippen LogP contribution in [0, 0.1) is 27.3 Å². The number of rotatable bonds is 3. The maximum atomic E-state index is 13.2. The predicted molar refractivity (Wildman–Crippen MR) is 63.5 cm³/mol. The van der Waals surface area contributed by atoms with Gasteiger partial charge >= 0.3 is 5.69 Å². The molecule has 7 heteroatoms. The number of nitro benzene ring substituents is 1. The zero-order chi connectivity index (χ0) is 13.1. The van der Waals surface area contributed by atoms with Crippen LogP contribution in [0.2, 0.25) is 0 Å². The zero-order valence-electron chi connectivity index (χ0n) is 8.96. The topological polar surface area (TPSA) is 79.8 Å². The van der Waals surface area contributed by atoms with Gasteiger partial charge in [0.1, 0.15) is 5.01 Å². The van der Waals surface area contributed by atoms with Crippen LogP contribution in [0.4, 0.5) is 10.1 Å². The molecule has 0 saturated carbocycles. The van der Waals surface area contributed by atoms with E-state index in [4.69, 9.17) is 5.26 Å². The Kier molecular flexibility index (Phi) is 3.30. The lowest BCUT2D eigenvalue weighted by Crippen LogP contribution is -1.93. The SMILES string of the molecule is N#CCc1nc(-c2ccc(F)c([N+](=O)[O-])c2)cs1. The molecule has 0 atom stereocenters. The van der Waals surface area contributed by atoms with Crippen LogP contribution in [0.25, 0.3) is 11.3 Å². The molecule has 0 fully saturated rings. The molecule has 2 aromatic rings.